The topological polar surface area (TPSA) is 54.2 Å². The minimum absolute atomic E-state index is 0.0484. The Morgan fingerprint density at radius 1 is 0.964 bits per heavy atom. The third kappa shape index (κ3) is 4.71. The van der Waals surface area contributed by atoms with Crippen molar-refractivity contribution in [3.05, 3.63) is 41.7 Å². The number of halogens is 6. The average molecular weight is 406 g/mol. The maximum Gasteiger partial charge on any atom is 0.416 e. The molecular weight excluding hydrogens is 390 g/mol. The second-order valence-electron chi connectivity index (χ2n) is 6.34. The van der Waals surface area contributed by atoms with Crippen molar-refractivity contribution in [2.24, 2.45) is 0 Å². The van der Waals surface area contributed by atoms with Crippen LogP contribution in [-0.4, -0.2) is 44.1 Å². The van der Waals surface area contributed by atoms with E-state index >= 15 is 0 Å². The number of hydrogen-bond acceptors (Lipinski definition) is 4. The van der Waals surface area contributed by atoms with Gasteiger partial charge in [0, 0.05) is 24.9 Å². The van der Waals surface area contributed by atoms with Crippen LogP contribution in [0.4, 0.5) is 26.3 Å². The van der Waals surface area contributed by atoms with Gasteiger partial charge in [-0.3, -0.25) is 4.90 Å². The Morgan fingerprint density at radius 2 is 1.54 bits per heavy atom. The minimum atomic E-state index is -4.95. The molecule has 0 amide bonds. The van der Waals surface area contributed by atoms with E-state index in [4.69, 9.17) is 0 Å². The monoisotopic (exact) mass is 406 g/mol. The summed E-state index contributed by atoms with van der Waals surface area (Å²) >= 11 is 0. The number of rotatable bonds is 4. The molecule has 11 heteroatoms. The van der Waals surface area contributed by atoms with E-state index in [-0.39, 0.29) is 11.9 Å². The first kappa shape index (κ1) is 20.3. The lowest BCUT2D eigenvalue weighted by Gasteiger charge is -2.18. The summed E-state index contributed by atoms with van der Waals surface area (Å²) in [5, 5.41) is 13.9. The smallest absolute Gasteiger partial charge is 0.375 e. The van der Waals surface area contributed by atoms with Gasteiger partial charge in [-0.15, -0.1) is 5.10 Å². The van der Waals surface area contributed by atoms with E-state index in [1.54, 1.807) is 0 Å². The van der Waals surface area contributed by atoms with Crippen LogP contribution in [-0.2, 0) is 12.4 Å². The average Bonchev–Trinajstić information content (AvgIpc) is 3.29. The summed E-state index contributed by atoms with van der Waals surface area (Å²) < 4.78 is 78.9. The molecule has 1 aromatic carbocycles. The van der Waals surface area contributed by atoms with Crippen molar-refractivity contribution in [2.75, 3.05) is 13.1 Å². The number of nitrogens with zero attached hydrogens (tertiary/aromatic N) is 4. The Balaban J connectivity index is 1.87. The van der Waals surface area contributed by atoms with Crippen LogP contribution in [0.1, 0.15) is 24.0 Å². The summed E-state index contributed by atoms with van der Waals surface area (Å²) in [6.45, 7) is 1.47. The van der Waals surface area contributed by atoms with Crippen LogP contribution in [0.3, 0.4) is 0 Å². The van der Waals surface area contributed by atoms with Crippen LogP contribution in [0.25, 0.3) is 17.6 Å². The Labute approximate surface area is 155 Å². The highest BCUT2D eigenvalue weighted by Gasteiger charge is 2.37. The van der Waals surface area contributed by atoms with E-state index < -0.39 is 35.3 Å². The summed E-state index contributed by atoms with van der Waals surface area (Å²) in [5.41, 5.74) is -3.28. The molecule has 1 aliphatic heterocycles. The molecule has 0 radical (unpaired) electrons. The van der Waals surface area contributed by atoms with Gasteiger partial charge in [0.05, 0.1) is 11.1 Å². The minimum Gasteiger partial charge on any atom is -0.375 e. The first-order valence-corrected chi connectivity index (χ1v) is 8.35. The number of aliphatic hydroxyl groups is 1. The Bertz CT molecular complexity index is 820. The third-order valence-electron chi connectivity index (χ3n) is 4.28. The fourth-order valence-electron chi connectivity index (χ4n) is 2.86. The SMILES string of the molecule is OC(/C=C\n1cnc(-c2cc(C(F)(F)F)cc(C(F)(F)F)c2)n1)N1CCCC1. The fraction of sp³-hybridized carbons (Fsp3) is 0.412. The van der Waals surface area contributed by atoms with Gasteiger partial charge < -0.3 is 5.11 Å². The van der Waals surface area contributed by atoms with Gasteiger partial charge >= 0.3 is 12.4 Å². The van der Waals surface area contributed by atoms with E-state index in [0.717, 1.165) is 36.9 Å². The van der Waals surface area contributed by atoms with Crippen LogP contribution >= 0.6 is 0 Å². The summed E-state index contributed by atoms with van der Waals surface area (Å²) in [6.07, 6.45) is -4.92. The maximum atomic E-state index is 13.0. The molecule has 1 N–H and O–H groups in total. The largest absolute Gasteiger partial charge is 0.416 e. The van der Waals surface area contributed by atoms with Gasteiger partial charge in [-0.1, -0.05) is 0 Å². The lowest BCUT2D eigenvalue weighted by atomic mass is 10.0. The zero-order chi connectivity index (χ0) is 20.5. The standard InChI is InChI=1S/C17H16F6N4O/c18-16(19,20)12-7-11(8-13(9-12)17(21,22)23)15-24-10-27(25-15)6-3-14(28)26-4-1-2-5-26/h3,6-10,14,28H,1-2,4-5H2/b6-3-. The Morgan fingerprint density at radius 3 is 2.07 bits per heavy atom. The molecule has 1 unspecified atom stereocenters. The van der Waals surface area contributed by atoms with Crippen molar-refractivity contribution in [1.29, 1.82) is 0 Å². The predicted molar refractivity (Wildman–Crippen MR) is 87.6 cm³/mol. The number of aliphatic hydroxyl groups excluding tert-OH is 1. The lowest BCUT2D eigenvalue weighted by Crippen LogP contribution is -2.30. The Kier molecular flexibility index (Phi) is 5.48. The highest BCUT2D eigenvalue weighted by Crippen LogP contribution is 2.38. The van der Waals surface area contributed by atoms with Crippen LogP contribution in [0.2, 0.25) is 0 Å². The summed E-state index contributed by atoms with van der Waals surface area (Å²) in [7, 11) is 0. The Hall–Kier alpha value is -2.40. The molecule has 1 atom stereocenters. The second-order valence-corrected chi connectivity index (χ2v) is 6.34. The van der Waals surface area contributed by atoms with Gasteiger partial charge in [-0.2, -0.15) is 26.3 Å². The van der Waals surface area contributed by atoms with E-state index in [1.165, 1.54) is 12.3 Å². The van der Waals surface area contributed by atoms with Crippen molar-refractivity contribution < 1.29 is 31.4 Å². The summed E-state index contributed by atoms with van der Waals surface area (Å²) in [6, 6.07) is 1.18. The molecule has 3 rings (SSSR count). The van der Waals surface area contributed by atoms with Gasteiger partial charge in [0.2, 0.25) is 0 Å². The van der Waals surface area contributed by atoms with E-state index in [2.05, 4.69) is 10.1 Å². The van der Waals surface area contributed by atoms with Crippen LogP contribution in [0.15, 0.2) is 30.6 Å². The van der Waals surface area contributed by atoms with Crippen molar-refractivity contribution in [3.63, 3.8) is 0 Å². The zero-order valence-corrected chi connectivity index (χ0v) is 14.4. The molecule has 152 valence electrons. The van der Waals surface area contributed by atoms with E-state index in [1.807, 2.05) is 4.90 Å². The third-order valence-corrected chi connectivity index (χ3v) is 4.28. The molecule has 28 heavy (non-hydrogen) atoms. The quantitative estimate of drug-likeness (QED) is 0.784. The lowest BCUT2D eigenvalue weighted by molar-refractivity contribution is -0.143. The van der Waals surface area contributed by atoms with E-state index in [9.17, 15) is 31.4 Å². The molecule has 1 saturated heterocycles. The first-order chi connectivity index (χ1) is 13.0. The number of hydrogen-bond donors (Lipinski definition) is 1. The molecule has 1 fully saturated rings. The van der Waals surface area contributed by atoms with Gasteiger partial charge in [0.15, 0.2) is 5.82 Å². The number of likely N-dealkylation sites (tertiary alicyclic amines) is 1. The first-order valence-electron chi connectivity index (χ1n) is 8.35. The molecule has 0 aliphatic carbocycles. The highest BCUT2D eigenvalue weighted by molar-refractivity contribution is 5.58. The molecule has 2 aromatic rings. The molecule has 5 nitrogen and oxygen atoms in total. The molecule has 0 spiro atoms. The normalized spacial score (nSPS) is 17.5. The van der Waals surface area contributed by atoms with Gasteiger partial charge in [0.1, 0.15) is 12.6 Å². The molecule has 1 aliphatic rings. The molecule has 0 bridgehead atoms. The number of alkyl halides is 6. The van der Waals surface area contributed by atoms with Crippen molar-refractivity contribution >= 4 is 6.20 Å². The van der Waals surface area contributed by atoms with Gasteiger partial charge in [-0.05, 0) is 37.1 Å². The van der Waals surface area contributed by atoms with Gasteiger partial charge in [-0.25, -0.2) is 9.67 Å². The number of aromatic nitrogens is 3. The highest BCUT2D eigenvalue weighted by atomic mass is 19.4. The van der Waals surface area contributed by atoms with Gasteiger partial charge in [0.25, 0.3) is 0 Å². The molecule has 1 aromatic heterocycles. The summed E-state index contributed by atoms with van der Waals surface area (Å²) in [5.74, 6) is -0.295. The second kappa shape index (κ2) is 7.55. The number of benzene rings is 1. The zero-order valence-electron chi connectivity index (χ0n) is 14.4. The predicted octanol–water partition coefficient (Wildman–Crippen LogP) is 3.87. The van der Waals surface area contributed by atoms with Crippen LogP contribution in [0.5, 0.6) is 0 Å². The molecule has 2 heterocycles. The van der Waals surface area contributed by atoms with Crippen LogP contribution < -0.4 is 0 Å². The summed E-state index contributed by atoms with van der Waals surface area (Å²) in [4.78, 5) is 5.60. The van der Waals surface area contributed by atoms with Crippen molar-refractivity contribution in [2.45, 2.75) is 31.4 Å². The fourth-order valence-corrected chi connectivity index (χ4v) is 2.86. The van der Waals surface area contributed by atoms with Crippen molar-refractivity contribution in [1.82, 2.24) is 19.7 Å². The van der Waals surface area contributed by atoms with E-state index in [0.29, 0.717) is 12.1 Å². The molecule has 0 saturated carbocycles. The molecular formula is C17H16F6N4O. The van der Waals surface area contributed by atoms with Crippen LogP contribution in [0, 0.1) is 0 Å². The van der Waals surface area contributed by atoms with Crippen molar-refractivity contribution in [3.8, 4) is 11.4 Å². The maximum absolute atomic E-state index is 13.0.